The quantitative estimate of drug-likeness (QED) is 0.663. The number of nitrogens with zero attached hydrogens (tertiary/aromatic N) is 5. The van der Waals surface area contributed by atoms with E-state index in [2.05, 4.69) is 23.6 Å². The molecule has 0 spiro atoms. The molecule has 0 saturated carbocycles. The van der Waals surface area contributed by atoms with Crippen molar-refractivity contribution in [2.24, 2.45) is 0 Å². The predicted molar refractivity (Wildman–Crippen MR) is 111 cm³/mol. The molecule has 1 fully saturated rings. The topological polar surface area (TPSA) is 36.7 Å². The molecule has 1 aliphatic heterocycles. The van der Waals surface area contributed by atoms with Gasteiger partial charge in [-0.3, -0.25) is 4.90 Å². The largest absolute Gasteiger partial charge is 0.344 e. The highest BCUT2D eigenvalue weighted by atomic mass is 32.1. The van der Waals surface area contributed by atoms with E-state index in [9.17, 15) is 4.39 Å². The number of halogens is 1. The van der Waals surface area contributed by atoms with Crippen molar-refractivity contribution < 1.29 is 4.39 Å². The van der Waals surface area contributed by atoms with Gasteiger partial charge in [0.2, 0.25) is 10.1 Å². The molecule has 3 aromatic rings. The molecule has 7 heteroatoms. The number of fused-ring (bicyclic) bond motifs is 1. The number of imidazole rings is 1. The second-order valence-electron chi connectivity index (χ2n) is 6.75. The van der Waals surface area contributed by atoms with Gasteiger partial charge < -0.3 is 4.90 Å². The van der Waals surface area contributed by atoms with Crippen LogP contribution in [0.1, 0.15) is 33.4 Å². The average Bonchev–Trinajstić information content (AvgIpc) is 3.24. The molecule has 146 valence electrons. The molecule has 0 amide bonds. The average molecular weight is 390 g/mol. The third-order valence-corrected chi connectivity index (χ3v) is 5.82. The molecule has 0 atom stereocenters. The summed E-state index contributed by atoms with van der Waals surface area (Å²) in [4.78, 5) is 10.5. The Kier molecular flexibility index (Phi) is 6.11. The first-order valence-electron chi connectivity index (χ1n) is 9.64. The van der Waals surface area contributed by atoms with E-state index in [0.29, 0.717) is 6.04 Å². The molecule has 0 aliphatic carbocycles. The zero-order valence-corrected chi connectivity index (χ0v) is 17.6. The van der Waals surface area contributed by atoms with Crippen LogP contribution >= 0.6 is 11.3 Å². The van der Waals surface area contributed by atoms with Crippen LogP contribution in [-0.4, -0.2) is 51.7 Å². The Balaban J connectivity index is 0.00000102. The molecule has 1 aliphatic rings. The number of hydrogen-bond acceptors (Lipinski definition) is 5. The fourth-order valence-corrected chi connectivity index (χ4v) is 4.28. The molecule has 4 rings (SSSR count). The van der Waals surface area contributed by atoms with Crippen LogP contribution in [0.2, 0.25) is 0 Å². The molecular formula is C20H28FN5S. The zero-order chi connectivity index (χ0) is 19.6. The van der Waals surface area contributed by atoms with Gasteiger partial charge in [0, 0.05) is 37.8 Å². The lowest BCUT2D eigenvalue weighted by Crippen LogP contribution is -2.48. The fraction of sp³-hybridized carbons (Fsp3) is 0.500. The van der Waals surface area contributed by atoms with Gasteiger partial charge in [0.25, 0.3) is 0 Å². The summed E-state index contributed by atoms with van der Waals surface area (Å²) in [6.07, 6.45) is 0. The molecule has 5 nitrogen and oxygen atoms in total. The van der Waals surface area contributed by atoms with E-state index in [-0.39, 0.29) is 5.82 Å². The van der Waals surface area contributed by atoms with E-state index in [0.717, 1.165) is 53.2 Å². The standard InChI is InChI=1S/C18H22FN5S.C2H6/c1-12(2)22-8-10-23(11-9-22)18-21-24-13(3)16(20-17(24)25-18)14-4-6-15(19)7-5-14;1-2/h4-7,12H,8-11H2,1-3H3;1-2H3. The maximum Gasteiger partial charge on any atom is 0.214 e. The van der Waals surface area contributed by atoms with Crippen molar-refractivity contribution in [2.75, 3.05) is 31.1 Å². The summed E-state index contributed by atoms with van der Waals surface area (Å²) in [5, 5.41) is 5.80. The van der Waals surface area contributed by atoms with Crippen molar-refractivity contribution >= 4 is 21.4 Å². The Bertz CT molecular complexity index is 876. The summed E-state index contributed by atoms with van der Waals surface area (Å²) in [6.45, 7) is 14.6. The van der Waals surface area contributed by atoms with Crippen molar-refractivity contribution in [1.82, 2.24) is 19.5 Å². The Morgan fingerprint density at radius 3 is 2.22 bits per heavy atom. The molecule has 2 aromatic heterocycles. The smallest absolute Gasteiger partial charge is 0.214 e. The number of rotatable bonds is 3. The second-order valence-corrected chi connectivity index (χ2v) is 7.68. The third kappa shape index (κ3) is 3.99. The highest BCUT2D eigenvalue weighted by Crippen LogP contribution is 2.30. The van der Waals surface area contributed by atoms with Crippen molar-refractivity contribution in [3.05, 3.63) is 35.8 Å². The monoisotopic (exact) mass is 389 g/mol. The van der Waals surface area contributed by atoms with Gasteiger partial charge in [0.1, 0.15) is 5.82 Å². The lowest BCUT2D eigenvalue weighted by molar-refractivity contribution is 0.209. The molecule has 3 heterocycles. The second kappa shape index (κ2) is 8.35. The van der Waals surface area contributed by atoms with Crippen molar-refractivity contribution in [2.45, 2.75) is 40.7 Å². The van der Waals surface area contributed by atoms with E-state index in [4.69, 9.17) is 10.1 Å². The van der Waals surface area contributed by atoms with E-state index in [1.807, 2.05) is 25.3 Å². The van der Waals surface area contributed by atoms with Crippen LogP contribution in [-0.2, 0) is 0 Å². The summed E-state index contributed by atoms with van der Waals surface area (Å²) < 4.78 is 15.0. The van der Waals surface area contributed by atoms with Gasteiger partial charge in [0.05, 0.1) is 11.4 Å². The highest BCUT2D eigenvalue weighted by Gasteiger charge is 2.23. The number of piperazine rings is 1. The molecular weight excluding hydrogens is 361 g/mol. The maximum atomic E-state index is 13.1. The molecule has 0 N–H and O–H groups in total. The Hall–Kier alpha value is -1.99. The van der Waals surface area contributed by atoms with E-state index >= 15 is 0 Å². The zero-order valence-electron chi connectivity index (χ0n) is 16.7. The van der Waals surface area contributed by atoms with Crippen molar-refractivity contribution in [1.29, 1.82) is 0 Å². The lowest BCUT2D eigenvalue weighted by Gasteiger charge is -2.36. The van der Waals surface area contributed by atoms with Gasteiger partial charge in [-0.05, 0) is 45.0 Å². The van der Waals surface area contributed by atoms with Crippen LogP contribution in [0.3, 0.4) is 0 Å². The molecule has 0 bridgehead atoms. The van der Waals surface area contributed by atoms with Gasteiger partial charge >= 0.3 is 0 Å². The highest BCUT2D eigenvalue weighted by molar-refractivity contribution is 7.20. The summed E-state index contributed by atoms with van der Waals surface area (Å²) >= 11 is 1.62. The van der Waals surface area contributed by atoms with Crippen LogP contribution in [0, 0.1) is 12.7 Å². The van der Waals surface area contributed by atoms with Gasteiger partial charge in [0.15, 0.2) is 0 Å². The van der Waals surface area contributed by atoms with Gasteiger partial charge in [-0.25, -0.2) is 13.9 Å². The number of aryl methyl sites for hydroxylation is 1. The lowest BCUT2D eigenvalue weighted by atomic mass is 10.1. The predicted octanol–water partition coefficient (Wildman–Crippen LogP) is 4.46. The first kappa shape index (κ1) is 19.8. The SMILES string of the molecule is CC.Cc1c(-c2ccc(F)cc2)nc2sc(N3CCN(C(C)C)CC3)nn12. The van der Waals surface area contributed by atoms with Gasteiger partial charge in [-0.2, -0.15) is 0 Å². The van der Waals surface area contributed by atoms with Crippen molar-refractivity contribution in [3.63, 3.8) is 0 Å². The molecule has 1 saturated heterocycles. The van der Waals surface area contributed by atoms with Crippen LogP contribution in [0.5, 0.6) is 0 Å². The van der Waals surface area contributed by atoms with Crippen LogP contribution in [0.25, 0.3) is 16.2 Å². The normalized spacial score (nSPS) is 15.3. The van der Waals surface area contributed by atoms with Crippen molar-refractivity contribution in [3.8, 4) is 11.3 Å². The maximum absolute atomic E-state index is 13.1. The summed E-state index contributed by atoms with van der Waals surface area (Å²) in [5.74, 6) is -0.233. The number of anilines is 1. The Morgan fingerprint density at radius 2 is 1.67 bits per heavy atom. The van der Waals surface area contributed by atoms with E-state index in [1.54, 1.807) is 23.5 Å². The minimum absolute atomic E-state index is 0.233. The Labute approximate surface area is 164 Å². The summed E-state index contributed by atoms with van der Waals surface area (Å²) in [5.41, 5.74) is 2.78. The summed E-state index contributed by atoms with van der Waals surface area (Å²) in [7, 11) is 0. The minimum atomic E-state index is -0.233. The van der Waals surface area contributed by atoms with Crippen LogP contribution in [0.15, 0.2) is 24.3 Å². The molecule has 27 heavy (non-hydrogen) atoms. The van der Waals surface area contributed by atoms with Gasteiger partial charge in [-0.1, -0.05) is 25.2 Å². The minimum Gasteiger partial charge on any atom is -0.344 e. The first-order chi connectivity index (χ1) is 13.0. The molecule has 1 aromatic carbocycles. The number of aromatic nitrogens is 3. The summed E-state index contributed by atoms with van der Waals surface area (Å²) in [6, 6.07) is 7.06. The number of benzene rings is 1. The first-order valence-corrected chi connectivity index (χ1v) is 10.5. The molecule has 0 radical (unpaired) electrons. The van der Waals surface area contributed by atoms with Gasteiger partial charge in [-0.15, -0.1) is 5.10 Å². The van der Waals surface area contributed by atoms with E-state index in [1.165, 1.54) is 12.1 Å². The van der Waals surface area contributed by atoms with E-state index < -0.39 is 0 Å². The van der Waals surface area contributed by atoms with Crippen LogP contribution < -0.4 is 4.90 Å². The third-order valence-electron chi connectivity index (χ3n) is 4.85. The fourth-order valence-electron chi connectivity index (χ4n) is 3.28. The number of hydrogen-bond donors (Lipinski definition) is 0. The van der Waals surface area contributed by atoms with Crippen LogP contribution in [0.4, 0.5) is 9.52 Å². The Morgan fingerprint density at radius 1 is 1.04 bits per heavy atom. The molecule has 0 unspecified atom stereocenters.